The van der Waals surface area contributed by atoms with Gasteiger partial charge in [0.1, 0.15) is 0 Å². The van der Waals surface area contributed by atoms with E-state index in [9.17, 15) is 0 Å². The summed E-state index contributed by atoms with van der Waals surface area (Å²) in [6, 6.07) is 4.12. The Bertz CT molecular complexity index is 381. The van der Waals surface area contributed by atoms with E-state index in [-0.39, 0.29) is 0 Å². The molecular formula is C11H13ClN2. The van der Waals surface area contributed by atoms with E-state index in [1.54, 1.807) is 6.20 Å². The van der Waals surface area contributed by atoms with Gasteiger partial charge in [-0.15, -0.1) is 0 Å². The van der Waals surface area contributed by atoms with Gasteiger partial charge in [0.15, 0.2) is 0 Å². The van der Waals surface area contributed by atoms with Gasteiger partial charge in [-0.2, -0.15) is 5.26 Å². The summed E-state index contributed by atoms with van der Waals surface area (Å²) in [5, 5.41) is 9.73. The number of aromatic nitrogens is 1. The third-order valence-electron chi connectivity index (χ3n) is 2.61. The van der Waals surface area contributed by atoms with Crippen molar-refractivity contribution < 1.29 is 0 Å². The summed E-state index contributed by atoms with van der Waals surface area (Å²) in [6.45, 7) is 5.72. The lowest BCUT2D eigenvalue weighted by atomic mass is 9.82. The van der Waals surface area contributed by atoms with Crippen LogP contribution in [0.1, 0.15) is 31.5 Å². The van der Waals surface area contributed by atoms with Gasteiger partial charge in [0.25, 0.3) is 0 Å². The van der Waals surface area contributed by atoms with Gasteiger partial charge in [0.2, 0.25) is 0 Å². The first-order valence-corrected chi connectivity index (χ1v) is 4.96. The van der Waals surface area contributed by atoms with Gasteiger partial charge in [0.05, 0.1) is 22.2 Å². The van der Waals surface area contributed by atoms with E-state index in [4.69, 9.17) is 16.9 Å². The normalized spacial score (nSPS) is 14.5. The number of aryl methyl sites for hydroxylation is 1. The van der Waals surface area contributed by atoms with E-state index >= 15 is 0 Å². The predicted molar refractivity (Wildman–Crippen MR) is 57.2 cm³/mol. The molecule has 0 radical (unpaired) electrons. The number of nitrogens with zero attached hydrogens (tertiary/aromatic N) is 2. The quantitative estimate of drug-likeness (QED) is 0.748. The molecule has 0 aromatic carbocycles. The summed E-state index contributed by atoms with van der Waals surface area (Å²) in [4.78, 5) is 4.08. The van der Waals surface area contributed by atoms with E-state index in [1.165, 1.54) is 0 Å². The van der Waals surface area contributed by atoms with Crippen LogP contribution in [-0.4, -0.2) is 4.98 Å². The third kappa shape index (κ3) is 1.73. The topological polar surface area (TPSA) is 36.7 Å². The average molecular weight is 209 g/mol. The fraction of sp³-hybridized carbons (Fsp3) is 0.455. The van der Waals surface area contributed by atoms with Gasteiger partial charge in [-0.3, -0.25) is 4.98 Å². The molecule has 1 rings (SSSR count). The smallest absolute Gasteiger partial charge is 0.0807 e. The van der Waals surface area contributed by atoms with Crippen molar-refractivity contribution in [3.63, 3.8) is 0 Å². The molecule has 0 saturated heterocycles. The van der Waals surface area contributed by atoms with Crippen LogP contribution < -0.4 is 0 Å². The van der Waals surface area contributed by atoms with E-state index in [2.05, 4.69) is 11.1 Å². The molecule has 1 aromatic rings. The maximum Gasteiger partial charge on any atom is 0.0807 e. The highest BCUT2D eigenvalue weighted by Crippen LogP contribution is 2.33. The van der Waals surface area contributed by atoms with Crippen molar-refractivity contribution in [2.45, 2.75) is 32.6 Å². The van der Waals surface area contributed by atoms with Crippen molar-refractivity contribution in [1.82, 2.24) is 4.98 Å². The molecule has 0 saturated carbocycles. The molecule has 3 heteroatoms. The summed E-state index contributed by atoms with van der Waals surface area (Å²) in [5.74, 6) is 0. The van der Waals surface area contributed by atoms with Crippen LogP contribution in [-0.2, 0) is 5.41 Å². The summed E-state index contributed by atoms with van der Waals surface area (Å²) in [7, 11) is 0. The molecule has 0 N–H and O–H groups in total. The number of pyridine rings is 1. The number of hydrogen-bond donors (Lipinski definition) is 0. The molecule has 0 fully saturated rings. The number of hydrogen-bond acceptors (Lipinski definition) is 2. The molecular weight excluding hydrogens is 196 g/mol. The minimum Gasteiger partial charge on any atom is -0.260 e. The summed E-state index contributed by atoms with van der Waals surface area (Å²) >= 11 is 6.12. The van der Waals surface area contributed by atoms with E-state index in [0.29, 0.717) is 5.02 Å². The lowest BCUT2D eigenvalue weighted by molar-refractivity contribution is 0.586. The molecule has 1 heterocycles. The highest BCUT2D eigenvalue weighted by Gasteiger charge is 2.27. The summed E-state index contributed by atoms with van der Waals surface area (Å²) in [5.41, 5.74) is 1.14. The Hall–Kier alpha value is -1.07. The minimum atomic E-state index is -0.509. The van der Waals surface area contributed by atoms with E-state index < -0.39 is 5.41 Å². The lowest BCUT2D eigenvalue weighted by Crippen LogP contribution is -2.19. The van der Waals surface area contributed by atoms with Gasteiger partial charge in [-0.1, -0.05) is 18.5 Å². The summed E-state index contributed by atoms with van der Waals surface area (Å²) < 4.78 is 0. The molecule has 2 nitrogen and oxygen atoms in total. The van der Waals surface area contributed by atoms with Crippen molar-refractivity contribution >= 4 is 11.6 Å². The van der Waals surface area contributed by atoms with Crippen molar-refractivity contribution in [3.8, 4) is 6.07 Å². The van der Waals surface area contributed by atoms with Crippen LogP contribution in [0.2, 0.25) is 5.02 Å². The third-order valence-corrected chi connectivity index (χ3v) is 3.09. The second-order valence-electron chi connectivity index (χ2n) is 3.56. The molecule has 1 aromatic heterocycles. The molecule has 14 heavy (non-hydrogen) atoms. The van der Waals surface area contributed by atoms with Crippen molar-refractivity contribution in [2.24, 2.45) is 0 Å². The molecule has 1 unspecified atom stereocenters. The van der Waals surface area contributed by atoms with Crippen LogP contribution >= 0.6 is 11.6 Å². The Kier molecular flexibility index (Phi) is 3.13. The zero-order chi connectivity index (χ0) is 10.8. The Labute approximate surface area is 89.5 Å². The zero-order valence-electron chi connectivity index (χ0n) is 8.63. The van der Waals surface area contributed by atoms with Crippen LogP contribution in [0.3, 0.4) is 0 Å². The predicted octanol–water partition coefficient (Wildman–Crippen LogP) is 3.23. The van der Waals surface area contributed by atoms with Crippen LogP contribution in [0, 0.1) is 18.3 Å². The average Bonchev–Trinajstić information content (AvgIpc) is 2.21. The number of rotatable bonds is 2. The first kappa shape index (κ1) is 11.0. The van der Waals surface area contributed by atoms with E-state index in [0.717, 1.165) is 17.7 Å². The number of nitriles is 1. The summed E-state index contributed by atoms with van der Waals surface area (Å²) in [6.07, 6.45) is 2.44. The van der Waals surface area contributed by atoms with Crippen molar-refractivity contribution in [1.29, 1.82) is 5.26 Å². The minimum absolute atomic E-state index is 0.509. The van der Waals surface area contributed by atoms with E-state index in [1.807, 2.05) is 26.8 Å². The Balaban J connectivity index is 3.33. The van der Waals surface area contributed by atoms with Gasteiger partial charge >= 0.3 is 0 Å². The second kappa shape index (κ2) is 3.98. The van der Waals surface area contributed by atoms with Crippen molar-refractivity contribution in [2.75, 3.05) is 0 Å². The van der Waals surface area contributed by atoms with Gasteiger partial charge < -0.3 is 0 Å². The van der Waals surface area contributed by atoms with Crippen LogP contribution in [0.25, 0.3) is 0 Å². The molecule has 0 aliphatic heterocycles. The van der Waals surface area contributed by atoms with Crippen LogP contribution in [0.4, 0.5) is 0 Å². The zero-order valence-corrected chi connectivity index (χ0v) is 9.39. The highest BCUT2D eigenvalue weighted by molar-refractivity contribution is 6.32. The monoisotopic (exact) mass is 208 g/mol. The Morgan fingerprint density at radius 1 is 1.64 bits per heavy atom. The second-order valence-corrected chi connectivity index (χ2v) is 3.93. The first-order chi connectivity index (χ1) is 6.55. The molecule has 1 atom stereocenters. The molecule has 0 spiro atoms. The molecule has 0 bridgehead atoms. The molecule has 74 valence electrons. The van der Waals surface area contributed by atoms with Crippen molar-refractivity contribution in [3.05, 3.63) is 28.5 Å². The van der Waals surface area contributed by atoms with Gasteiger partial charge in [-0.05, 0) is 31.9 Å². The maximum absolute atomic E-state index is 9.13. The number of halogens is 1. The lowest BCUT2D eigenvalue weighted by Gasteiger charge is -2.21. The Morgan fingerprint density at radius 2 is 2.29 bits per heavy atom. The van der Waals surface area contributed by atoms with Crippen LogP contribution in [0.15, 0.2) is 12.3 Å². The standard InChI is InChI=1S/C11H13ClN2/c1-4-11(3,7-13)9-5-6-14-8(2)10(9)12/h5-6H,4H2,1-3H3. The molecule has 0 aliphatic rings. The highest BCUT2D eigenvalue weighted by atomic mass is 35.5. The first-order valence-electron chi connectivity index (χ1n) is 4.58. The van der Waals surface area contributed by atoms with Gasteiger partial charge in [-0.25, -0.2) is 0 Å². The van der Waals surface area contributed by atoms with Crippen LogP contribution in [0.5, 0.6) is 0 Å². The fourth-order valence-electron chi connectivity index (χ4n) is 1.30. The maximum atomic E-state index is 9.13. The molecule has 0 aliphatic carbocycles. The molecule has 0 amide bonds. The Morgan fingerprint density at radius 3 is 2.79 bits per heavy atom. The van der Waals surface area contributed by atoms with Gasteiger partial charge in [0, 0.05) is 6.20 Å². The largest absolute Gasteiger partial charge is 0.260 e. The SMILES string of the molecule is CCC(C)(C#N)c1ccnc(C)c1Cl. The fourth-order valence-corrected chi connectivity index (χ4v) is 1.62.